The summed E-state index contributed by atoms with van der Waals surface area (Å²) in [4.78, 5) is 0.0579. The van der Waals surface area contributed by atoms with Crippen molar-refractivity contribution in [1.29, 1.82) is 0 Å². The summed E-state index contributed by atoms with van der Waals surface area (Å²) in [5.74, 6) is -0.147. The van der Waals surface area contributed by atoms with Crippen molar-refractivity contribution >= 4 is 10.0 Å². The zero-order valence-electron chi connectivity index (χ0n) is 12.0. The molecular weight excluding hydrogens is 291 g/mol. The van der Waals surface area contributed by atoms with Crippen molar-refractivity contribution in [3.8, 4) is 0 Å². The monoisotopic (exact) mass is 312 g/mol. The molecule has 2 fully saturated rings. The highest BCUT2D eigenvalue weighted by Gasteiger charge is 2.34. The zero-order valence-corrected chi connectivity index (χ0v) is 12.8. The first-order valence-electron chi connectivity index (χ1n) is 7.56. The average Bonchev–Trinajstić information content (AvgIpc) is 3.02. The van der Waals surface area contributed by atoms with Gasteiger partial charge in [-0.25, -0.2) is 12.8 Å². The molecule has 0 radical (unpaired) electrons. The number of piperidine rings is 1. The number of nitrogens with one attached hydrogen (secondary N) is 1. The van der Waals surface area contributed by atoms with Crippen LogP contribution in [-0.4, -0.2) is 38.4 Å². The highest BCUT2D eigenvalue weighted by molar-refractivity contribution is 7.89. The number of rotatable bonds is 3. The summed E-state index contributed by atoms with van der Waals surface area (Å²) in [5, 5.41) is 3.47. The largest absolute Gasteiger partial charge is 0.314 e. The second-order valence-corrected chi connectivity index (χ2v) is 7.86. The van der Waals surface area contributed by atoms with Gasteiger partial charge >= 0.3 is 0 Å². The van der Waals surface area contributed by atoms with Crippen LogP contribution in [0.2, 0.25) is 0 Å². The van der Waals surface area contributed by atoms with Crippen molar-refractivity contribution in [3.63, 3.8) is 0 Å². The van der Waals surface area contributed by atoms with Crippen molar-refractivity contribution in [1.82, 2.24) is 9.62 Å². The maximum atomic E-state index is 13.3. The van der Waals surface area contributed by atoms with E-state index in [1.807, 2.05) is 0 Å². The van der Waals surface area contributed by atoms with Crippen LogP contribution in [0.4, 0.5) is 4.39 Å². The third kappa shape index (κ3) is 3.12. The molecule has 4 nitrogen and oxygen atoms in total. The SMILES string of the molecule is O=S(=O)(c1cccc(F)c1)N1CCCC(C2CCCN2)C1. The third-order valence-electron chi connectivity index (χ3n) is 4.52. The predicted molar refractivity (Wildman–Crippen MR) is 78.9 cm³/mol. The molecule has 0 bridgehead atoms. The molecule has 2 aliphatic rings. The Balaban J connectivity index is 1.78. The third-order valence-corrected chi connectivity index (χ3v) is 6.38. The van der Waals surface area contributed by atoms with Crippen LogP contribution in [-0.2, 0) is 10.0 Å². The number of benzene rings is 1. The van der Waals surface area contributed by atoms with Gasteiger partial charge in [-0.05, 0) is 56.3 Å². The van der Waals surface area contributed by atoms with Crippen LogP contribution in [0.3, 0.4) is 0 Å². The minimum atomic E-state index is -3.58. The first-order chi connectivity index (χ1) is 10.1. The van der Waals surface area contributed by atoms with E-state index in [9.17, 15) is 12.8 Å². The quantitative estimate of drug-likeness (QED) is 0.928. The van der Waals surface area contributed by atoms with Gasteiger partial charge in [0.1, 0.15) is 5.82 Å². The molecule has 2 saturated heterocycles. The Bertz CT molecular complexity index is 599. The Hall–Kier alpha value is -0.980. The van der Waals surface area contributed by atoms with Crippen molar-refractivity contribution in [2.45, 2.75) is 36.6 Å². The van der Waals surface area contributed by atoms with Crippen LogP contribution in [0, 0.1) is 11.7 Å². The Morgan fingerprint density at radius 1 is 1.24 bits per heavy atom. The van der Waals surface area contributed by atoms with Crippen molar-refractivity contribution < 1.29 is 12.8 Å². The lowest BCUT2D eigenvalue weighted by Gasteiger charge is -2.35. The molecule has 0 spiro atoms. The van der Waals surface area contributed by atoms with Crippen LogP contribution in [0.5, 0.6) is 0 Å². The van der Waals surface area contributed by atoms with Gasteiger partial charge in [0.05, 0.1) is 4.90 Å². The standard InChI is InChI=1S/C15H21FN2O2S/c16-13-5-1-6-14(10-13)21(19,20)18-9-3-4-12(11-18)15-7-2-8-17-15/h1,5-6,10,12,15,17H,2-4,7-9,11H2. The van der Waals surface area contributed by atoms with Gasteiger partial charge in [-0.15, -0.1) is 0 Å². The molecule has 2 unspecified atom stereocenters. The molecule has 21 heavy (non-hydrogen) atoms. The van der Waals surface area contributed by atoms with Crippen LogP contribution in [0.1, 0.15) is 25.7 Å². The van der Waals surface area contributed by atoms with E-state index in [1.165, 1.54) is 22.5 Å². The zero-order chi connectivity index (χ0) is 14.9. The molecule has 116 valence electrons. The van der Waals surface area contributed by atoms with E-state index in [-0.39, 0.29) is 4.90 Å². The van der Waals surface area contributed by atoms with E-state index < -0.39 is 15.8 Å². The Kier molecular flexibility index (Phi) is 4.28. The van der Waals surface area contributed by atoms with Gasteiger partial charge in [-0.1, -0.05) is 6.07 Å². The Morgan fingerprint density at radius 3 is 2.81 bits per heavy atom. The molecule has 6 heteroatoms. The highest BCUT2D eigenvalue weighted by atomic mass is 32.2. The maximum Gasteiger partial charge on any atom is 0.243 e. The van der Waals surface area contributed by atoms with Crippen molar-refractivity contribution in [3.05, 3.63) is 30.1 Å². The summed E-state index contributed by atoms with van der Waals surface area (Å²) in [6.45, 7) is 2.09. The lowest BCUT2D eigenvalue weighted by atomic mass is 9.91. The Morgan fingerprint density at radius 2 is 2.10 bits per heavy atom. The first kappa shape index (κ1) is 14.9. The Labute approximate surface area is 125 Å². The smallest absolute Gasteiger partial charge is 0.243 e. The molecule has 1 N–H and O–H groups in total. The van der Waals surface area contributed by atoms with Gasteiger partial charge in [0.25, 0.3) is 0 Å². The first-order valence-corrected chi connectivity index (χ1v) is 9.00. The molecule has 0 aliphatic carbocycles. The van der Waals surface area contributed by atoms with Crippen LogP contribution < -0.4 is 5.32 Å². The fraction of sp³-hybridized carbons (Fsp3) is 0.600. The second-order valence-electron chi connectivity index (χ2n) is 5.93. The van der Waals surface area contributed by atoms with E-state index in [0.717, 1.165) is 38.3 Å². The number of hydrogen-bond acceptors (Lipinski definition) is 3. The lowest BCUT2D eigenvalue weighted by molar-refractivity contribution is 0.226. The molecule has 2 aliphatic heterocycles. The number of sulfonamides is 1. The normalized spacial score (nSPS) is 27.9. The fourth-order valence-corrected chi connectivity index (χ4v) is 4.98. The number of hydrogen-bond donors (Lipinski definition) is 1. The topological polar surface area (TPSA) is 49.4 Å². The summed E-state index contributed by atoms with van der Waals surface area (Å²) in [6.07, 6.45) is 4.22. The predicted octanol–water partition coefficient (Wildman–Crippen LogP) is 1.98. The summed E-state index contributed by atoms with van der Waals surface area (Å²) in [7, 11) is -3.58. The van der Waals surface area contributed by atoms with Crippen molar-refractivity contribution in [2.24, 2.45) is 5.92 Å². The average molecular weight is 312 g/mol. The molecule has 3 rings (SSSR count). The molecular formula is C15H21FN2O2S. The molecule has 1 aromatic carbocycles. The van der Waals surface area contributed by atoms with Gasteiger partial charge < -0.3 is 5.32 Å². The van der Waals surface area contributed by atoms with Gasteiger partial charge in [0, 0.05) is 19.1 Å². The minimum Gasteiger partial charge on any atom is -0.314 e. The fourth-order valence-electron chi connectivity index (χ4n) is 3.41. The van der Waals surface area contributed by atoms with E-state index >= 15 is 0 Å². The van der Waals surface area contributed by atoms with Crippen LogP contribution >= 0.6 is 0 Å². The summed E-state index contributed by atoms with van der Waals surface area (Å²) in [6, 6.07) is 5.71. The maximum absolute atomic E-state index is 13.3. The molecule has 2 heterocycles. The second kappa shape index (κ2) is 6.02. The molecule has 0 amide bonds. The lowest BCUT2D eigenvalue weighted by Crippen LogP contribution is -2.45. The summed E-state index contributed by atoms with van der Waals surface area (Å²) >= 11 is 0. The van der Waals surface area contributed by atoms with Gasteiger partial charge in [-0.2, -0.15) is 4.31 Å². The molecule has 2 atom stereocenters. The van der Waals surface area contributed by atoms with Crippen LogP contribution in [0.25, 0.3) is 0 Å². The summed E-state index contributed by atoms with van der Waals surface area (Å²) in [5.41, 5.74) is 0. The number of halogens is 1. The van der Waals surface area contributed by atoms with Gasteiger partial charge in [-0.3, -0.25) is 0 Å². The van der Waals surface area contributed by atoms with E-state index in [4.69, 9.17) is 0 Å². The minimum absolute atomic E-state index is 0.0579. The number of nitrogens with zero attached hydrogens (tertiary/aromatic N) is 1. The van der Waals surface area contributed by atoms with E-state index in [1.54, 1.807) is 0 Å². The van der Waals surface area contributed by atoms with E-state index in [0.29, 0.717) is 25.0 Å². The van der Waals surface area contributed by atoms with Gasteiger partial charge in [0.2, 0.25) is 10.0 Å². The van der Waals surface area contributed by atoms with Crippen LogP contribution in [0.15, 0.2) is 29.2 Å². The molecule has 1 aromatic rings. The van der Waals surface area contributed by atoms with Gasteiger partial charge in [0.15, 0.2) is 0 Å². The molecule has 0 saturated carbocycles. The summed E-state index contributed by atoms with van der Waals surface area (Å²) < 4.78 is 40.1. The van der Waals surface area contributed by atoms with Crippen molar-refractivity contribution in [2.75, 3.05) is 19.6 Å². The molecule has 0 aromatic heterocycles. The van der Waals surface area contributed by atoms with E-state index in [2.05, 4.69) is 5.32 Å². The highest BCUT2D eigenvalue weighted by Crippen LogP contribution is 2.28.